The lowest BCUT2D eigenvalue weighted by molar-refractivity contribution is 0.296. The van der Waals surface area contributed by atoms with E-state index in [0.29, 0.717) is 12.4 Å². The van der Waals surface area contributed by atoms with Crippen LogP contribution < -0.4 is 4.74 Å². The van der Waals surface area contributed by atoms with Crippen LogP contribution in [0, 0.1) is 0 Å². The van der Waals surface area contributed by atoms with Crippen LogP contribution in [0.5, 0.6) is 5.75 Å². The molecule has 0 fully saturated rings. The first-order valence-electron chi connectivity index (χ1n) is 5.32. The number of nitrogens with one attached hydrogen (secondary N) is 1. The van der Waals surface area contributed by atoms with Gasteiger partial charge in [0, 0.05) is 0 Å². The Morgan fingerprint density at radius 1 is 1.25 bits per heavy atom. The zero-order chi connectivity index (χ0) is 11.2. The van der Waals surface area contributed by atoms with Gasteiger partial charge in [0.05, 0.1) is 0 Å². The Kier molecular flexibility index (Phi) is 3.48. The van der Waals surface area contributed by atoms with E-state index in [4.69, 9.17) is 4.74 Å². The number of rotatable bonds is 5. The van der Waals surface area contributed by atoms with Gasteiger partial charge >= 0.3 is 0 Å². The standard InChI is InChI=1S/C11H14N4O/c1-2-3-9-4-6-10(7-5-9)16-8-11-12-14-15-13-11/h4-7H,2-3,8H2,1H3,(H,12,13,14,15). The van der Waals surface area contributed by atoms with Crippen molar-refractivity contribution < 1.29 is 4.74 Å². The second kappa shape index (κ2) is 5.25. The summed E-state index contributed by atoms with van der Waals surface area (Å²) in [4.78, 5) is 0. The van der Waals surface area contributed by atoms with Crippen molar-refractivity contribution in [2.45, 2.75) is 26.4 Å². The average Bonchev–Trinajstić information content (AvgIpc) is 2.82. The number of aromatic nitrogens is 4. The van der Waals surface area contributed by atoms with E-state index in [-0.39, 0.29) is 0 Å². The molecule has 0 aliphatic carbocycles. The zero-order valence-electron chi connectivity index (χ0n) is 9.18. The first-order valence-corrected chi connectivity index (χ1v) is 5.32. The second-order valence-corrected chi connectivity index (χ2v) is 3.51. The molecular formula is C11H14N4O. The highest BCUT2D eigenvalue weighted by molar-refractivity contribution is 5.27. The highest BCUT2D eigenvalue weighted by Gasteiger charge is 1.99. The summed E-state index contributed by atoms with van der Waals surface area (Å²) in [5.74, 6) is 1.38. The third-order valence-electron chi connectivity index (χ3n) is 2.22. The van der Waals surface area contributed by atoms with E-state index in [1.165, 1.54) is 5.56 Å². The number of nitrogens with zero attached hydrogens (tertiary/aromatic N) is 3. The number of aromatic amines is 1. The molecule has 84 valence electrons. The summed E-state index contributed by atoms with van der Waals surface area (Å²) in [5.41, 5.74) is 1.33. The fourth-order valence-corrected chi connectivity index (χ4v) is 1.43. The van der Waals surface area contributed by atoms with Crippen molar-refractivity contribution in [3.63, 3.8) is 0 Å². The van der Waals surface area contributed by atoms with Crippen molar-refractivity contribution in [1.29, 1.82) is 0 Å². The van der Waals surface area contributed by atoms with Crippen molar-refractivity contribution in [2.75, 3.05) is 0 Å². The molecular weight excluding hydrogens is 204 g/mol. The summed E-state index contributed by atoms with van der Waals surface area (Å²) >= 11 is 0. The highest BCUT2D eigenvalue weighted by Crippen LogP contribution is 2.14. The molecule has 1 aromatic heterocycles. The van der Waals surface area contributed by atoms with Crippen LogP contribution in [0.25, 0.3) is 0 Å². The normalized spacial score (nSPS) is 10.3. The molecule has 0 aliphatic heterocycles. The summed E-state index contributed by atoms with van der Waals surface area (Å²) < 4.78 is 5.50. The smallest absolute Gasteiger partial charge is 0.211 e. The van der Waals surface area contributed by atoms with Gasteiger partial charge in [0.15, 0.2) is 6.61 Å². The number of H-pyrrole nitrogens is 1. The number of hydrogen-bond donors (Lipinski definition) is 1. The number of tetrazole rings is 1. The molecule has 0 radical (unpaired) electrons. The van der Waals surface area contributed by atoms with Crippen LogP contribution in [0.15, 0.2) is 24.3 Å². The predicted molar refractivity (Wildman–Crippen MR) is 58.9 cm³/mol. The molecule has 0 atom stereocenters. The van der Waals surface area contributed by atoms with Gasteiger partial charge < -0.3 is 4.74 Å². The summed E-state index contributed by atoms with van der Waals surface area (Å²) in [6.07, 6.45) is 2.26. The number of hydrogen-bond acceptors (Lipinski definition) is 4. The van der Waals surface area contributed by atoms with E-state index in [1.54, 1.807) is 0 Å². The number of benzene rings is 1. The third-order valence-corrected chi connectivity index (χ3v) is 2.22. The lowest BCUT2D eigenvalue weighted by Crippen LogP contribution is -1.97. The quantitative estimate of drug-likeness (QED) is 0.830. The van der Waals surface area contributed by atoms with Crippen LogP contribution in [-0.2, 0) is 13.0 Å². The van der Waals surface area contributed by atoms with Crippen molar-refractivity contribution in [1.82, 2.24) is 20.6 Å². The Morgan fingerprint density at radius 2 is 2.06 bits per heavy atom. The van der Waals surface area contributed by atoms with Gasteiger partial charge in [-0.1, -0.05) is 30.7 Å². The van der Waals surface area contributed by atoms with Gasteiger partial charge in [-0.25, -0.2) is 0 Å². The van der Waals surface area contributed by atoms with Crippen LogP contribution in [0.2, 0.25) is 0 Å². The van der Waals surface area contributed by atoms with Crippen LogP contribution in [0.3, 0.4) is 0 Å². The SMILES string of the molecule is CCCc1ccc(OCc2nn[nH]n2)cc1. The van der Waals surface area contributed by atoms with Crippen molar-refractivity contribution in [3.05, 3.63) is 35.7 Å². The van der Waals surface area contributed by atoms with Crippen molar-refractivity contribution in [2.24, 2.45) is 0 Å². The van der Waals surface area contributed by atoms with Crippen molar-refractivity contribution in [3.8, 4) is 5.75 Å². The lowest BCUT2D eigenvalue weighted by Gasteiger charge is -2.04. The van der Waals surface area contributed by atoms with E-state index in [2.05, 4.69) is 39.7 Å². The molecule has 5 heteroatoms. The second-order valence-electron chi connectivity index (χ2n) is 3.51. The minimum atomic E-state index is 0.337. The Hall–Kier alpha value is -1.91. The minimum absolute atomic E-state index is 0.337. The van der Waals surface area contributed by atoms with Gasteiger partial charge in [-0.05, 0) is 24.1 Å². The Balaban J connectivity index is 1.90. The fraction of sp³-hybridized carbons (Fsp3) is 0.364. The van der Waals surface area contributed by atoms with Crippen LogP contribution in [-0.4, -0.2) is 20.6 Å². The molecule has 0 saturated heterocycles. The molecule has 1 aromatic carbocycles. The molecule has 1 N–H and O–H groups in total. The average molecular weight is 218 g/mol. The fourth-order valence-electron chi connectivity index (χ4n) is 1.43. The predicted octanol–water partition coefficient (Wildman–Crippen LogP) is 1.73. The highest BCUT2D eigenvalue weighted by atomic mass is 16.5. The van der Waals surface area contributed by atoms with Gasteiger partial charge in [0.2, 0.25) is 5.82 Å². The maximum atomic E-state index is 5.50. The molecule has 1 heterocycles. The van der Waals surface area contributed by atoms with Crippen LogP contribution >= 0.6 is 0 Å². The first kappa shape index (κ1) is 10.6. The monoisotopic (exact) mass is 218 g/mol. The van der Waals surface area contributed by atoms with Crippen molar-refractivity contribution >= 4 is 0 Å². The molecule has 0 aliphatic rings. The summed E-state index contributed by atoms with van der Waals surface area (Å²) in [6.45, 7) is 2.50. The van der Waals surface area contributed by atoms with Gasteiger partial charge in [0.1, 0.15) is 5.75 Å². The molecule has 0 bridgehead atoms. The molecule has 5 nitrogen and oxygen atoms in total. The minimum Gasteiger partial charge on any atom is -0.485 e. The van der Waals surface area contributed by atoms with E-state index < -0.39 is 0 Å². The van der Waals surface area contributed by atoms with E-state index >= 15 is 0 Å². The molecule has 0 saturated carbocycles. The summed E-state index contributed by atoms with van der Waals surface area (Å²) in [7, 11) is 0. The topological polar surface area (TPSA) is 63.7 Å². The Labute approximate surface area is 93.8 Å². The van der Waals surface area contributed by atoms with Gasteiger partial charge in [0.25, 0.3) is 0 Å². The lowest BCUT2D eigenvalue weighted by atomic mass is 10.1. The first-order chi connectivity index (χ1) is 7.88. The van der Waals surface area contributed by atoms with Crippen LogP contribution in [0.1, 0.15) is 24.7 Å². The van der Waals surface area contributed by atoms with E-state index in [9.17, 15) is 0 Å². The molecule has 2 rings (SSSR count). The van der Waals surface area contributed by atoms with E-state index in [0.717, 1.165) is 18.6 Å². The molecule has 16 heavy (non-hydrogen) atoms. The zero-order valence-corrected chi connectivity index (χ0v) is 9.18. The van der Waals surface area contributed by atoms with Gasteiger partial charge in [-0.15, -0.1) is 10.2 Å². The largest absolute Gasteiger partial charge is 0.485 e. The van der Waals surface area contributed by atoms with Gasteiger partial charge in [-0.3, -0.25) is 0 Å². The molecule has 0 spiro atoms. The summed E-state index contributed by atoms with van der Waals surface area (Å²) in [5, 5.41) is 13.5. The maximum absolute atomic E-state index is 5.50. The summed E-state index contributed by atoms with van der Waals surface area (Å²) in [6, 6.07) is 8.08. The van der Waals surface area contributed by atoms with Gasteiger partial charge in [-0.2, -0.15) is 5.21 Å². The maximum Gasteiger partial charge on any atom is 0.211 e. The molecule has 0 amide bonds. The van der Waals surface area contributed by atoms with Crippen LogP contribution in [0.4, 0.5) is 0 Å². The van der Waals surface area contributed by atoms with E-state index in [1.807, 2.05) is 12.1 Å². The molecule has 2 aromatic rings. The molecule has 0 unspecified atom stereocenters. The Bertz CT molecular complexity index is 410. The number of ether oxygens (including phenoxy) is 1. The number of aryl methyl sites for hydroxylation is 1. The Morgan fingerprint density at radius 3 is 2.69 bits per heavy atom. The third kappa shape index (κ3) is 2.79.